The Balaban J connectivity index is 3.28. The van der Waals surface area contributed by atoms with Gasteiger partial charge in [0.05, 0.1) is 10.7 Å². The molecule has 0 saturated heterocycles. The Labute approximate surface area is 60.1 Å². The lowest BCUT2D eigenvalue weighted by Gasteiger charge is -1.83. The molecule has 0 spiro atoms. The molecule has 4 heteroatoms. The Morgan fingerprint density at radius 3 is 2.88 bits per heavy atom. The first-order chi connectivity index (χ1) is 3.79. The fraction of sp³-hybridized carbons (Fsp3) is 0. The lowest BCUT2D eigenvalue weighted by molar-refractivity contribution is 1.00. The first-order valence-corrected chi connectivity index (χ1v) is 3.19. The van der Waals surface area contributed by atoms with Gasteiger partial charge in [-0.25, -0.2) is 0 Å². The zero-order valence-corrected chi connectivity index (χ0v) is 6.29. The van der Waals surface area contributed by atoms with Crippen LogP contribution < -0.4 is 0 Å². The van der Waals surface area contributed by atoms with Crippen LogP contribution in [0.15, 0.2) is 16.9 Å². The standard InChI is InChI=1S/C4H3BrN2S/c5-4-1-3(8)2-6-7-4/h1-2H,(H,7,8). The van der Waals surface area contributed by atoms with Gasteiger partial charge in [-0.15, -0.1) is 0 Å². The van der Waals surface area contributed by atoms with Gasteiger partial charge < -0.3 is 0 Å². The second-order valence-corrected chi connectivity index (χ2v) is 2.59. The maximum Gasteiger partial charge on any atom is 0.100 e. The summed E-state index contributed by atoms with van der Waals surface area (Å²) in [4.78, 5) is 0. The number of hydrogen-bond acceptors (Lipinski definition) is 2. The van der Waals surface area contributed by atoms with Gasteiger partial charge in [-0.2, -0.15) is 5.10 Å². The minimum atomic E-state index is 0.732. The van der Waals surface area contributed by atoms with Gasteiger partial charge in [-0.3, -0.25) is 5.10 Å². The number of aromatic amines is 1. The van der Waals surface area contributed by atoms with E-state index in [1.165, 1.54) is 0 Å². The van der Waals surface area contributed by atoms with Gasteiger partial charge in [-0.05, 0) is 22.0 Å². The van der Waals surface area contributed by atoms with E-state index in [0.717, 1.165) is 9.11 Å². The first-order valence-electron chi connectivity index (χ1n) is 1.99. The van der Waals surface area contributed by atoms with Gasteiger partial charge in [0.15, 0.2) is 0 Å². The van der Waals surface area contributed by atoms with Crippen LogP contribution in [0, 0.1) is 4.51 Å². The minimum absolute atomic E-state index is 0.732. The molecule has 0 bridgehead atoms. The Morgan fingerprint density at radius 2 is 2.50 bits per heavy atom. The normalized spacial score (nSPS) is 9.12. The highest BCUT2D eigenvalue weighted by Gasteiger charge is 1.80. The Kier molecular flexibility index (Phi) is 1.75. The van der Waals surface area contributed by atoms with Crippen molar-refractivity contribution in [1.82, 2.24) is 10.2 Å². The molecule has 42 valence electrons. The predicted molar refractivity (Wildman–Crippen MR) is 37.1 cm³/mol. The molecule has 0 aliphatic heterocycles. The molecule has 0 saturated carbocycles. The van der Waals surface area contributed by atoms with Crippen molar-refractivity contribution in [3.05, 3.63) is 21.4 Å². The lowest BCUT2D eigenvalue weighted by Crippen LogP contribution is -1.77. The van der Waals surface area contributed by atoms with E-state index in [1.54, 1.807) is 12.3 Å². The van der Waals surface area contributed by atoms with Crippen LogP contribution >= 0.6 is 28.1 Å². The average molecular weight is 191 g/mol. The van der Waals surface area contributed by atoms with E-state index in [1.807, 2.05) is 0 Å². The van der Waals surface area contributed by atoms with Crippen LogP contribution in [0.1, 0.15) is 0 Å². The topological polar surface area (TPSA) is 28.7 Å². The number of hydrogen-bond donors (Lipinski definition) is 1. The summed E-state index contributed by atoms with van der Waals surface area (Å²) in [7, 11) is 0. The van der Waals surface area contributed by atoms with Crippen molar-refractivity contribution in [2.24, 2.45) is 0 Å². The molecule has 8 heavy (non-hydrogen) atoms. The highest BCUT2D eigenvalue weighted by molar-refractivity contribution is 9.10. The summed E-state index contributed by atoms with van der Waals surface area (Å²) in [5, 5.41) is 6.38. The Hall–Kier alpha value is -0.220. The van der Waals surface area contributed by atoms with Gasteiger partial charge in [-0.1, -0.05) is 12.2 Å². The van der Waals surface area contributed by atoms with Crippen LogP contribution in [-0.2, 0) is 0 Å². The molecule has 1 heterocycles. The number of aromatic nitrogens is 2. The highest BCUT2D eigenvalue weighted by atomic mass is 79.9. The van der Waals surface area contributed by atoms with Crippen molar-refractivity contribution >= 4 is 28.1 Å². The summed E-state index contributed by atoms with van der Waals surface area (Å²) in [6, 6.07) is 1.78. The van der Waals surface area contributed by atoms with E-state index < -0.39 is 0 Å². The summed E-state index contributed by atoms with van der Waals surface area (Å²) >= 11 is 7.96. The molecule has 0 atom stereocenters. The molecule has 0 aliphatic rings. The largest absolute Gasteiger partial charge is 0.271 e. The molecule has 0 unspecified atom stereocenters. The van der Waals surface area contributed by atoms with Gasteiger partial charge in [0.2, 0.25) is 0 Å². The molecular weight excluding hydrogens is 188 g/mol. The third-order valence-electron chi connectivity index (χ3n) is 0.632. The smallest absolute Gasteiger partial charge is 0.100 e. The maximum atomic E-state index is 4.79. The van der Waals surface area contributed by atoms with Gasteiger partial charge >= 0.3 is 0 Å². The van der Waals surface area contributed by atoms with E-state index >= 15 is 0 Å². The van der Waals surface area contributed by atoms with Crippen LogP contribution in [-0.4, -0.2) is 10.2 Å². The van der Waals surface area contributed by atoms with Crippen molar-refractivity contribution in [2.75, 3.05) is 0 Å². The number of halogens is 1. The number of nitrogens with zero attached hydrogens (tertiary/aromatic N) is 1. The molecule has 1 rings (SSSR count). The maximum absolute atomic E-state index is 4.79. The van der Waals surface area contributed by atoms with Crippen LogP contribution in [0.2, 0.25) is 0 Å². The third-order valence-corrected chi connectivity index (χ3v) is 1.26. The average Bonchev–Trinajstić information content (AvgIpc) is 1.64. The minimum Gasteiger partial charge on any atom is -0.271 e. The van der Waals surface area contributed by atoms with E-state index in [4.69, 9.17) is 12.2 Å². The SMILES string of the molecule is S=c1cn[nH]c(Br)c1. The number of H-pyrrole nitrogens is 1. The summed E-state index contributed by atoms with van der Waals surface area (Å²) in [5.41, 5.74) is 0. The zero-order valence-electron chi connectivity index (χ0n) is 3.89. The highest BCUT2D eigenvalue weighted by Crippen LogP contribution is 2.00. The molecule has 1 aromatic rings. The van der Waals surface area contributed by atoms with Gasteiger partial charge in [0, 0.05) is 0 Å². The summed E-state index contributed by atoms with van der Waals surface area (Å²) in [5.74, 6) is 0. The summed E-state index contributed by atoms with van der Waals surface area (Å²) in [6.07, 6.45) is 1.58. The fourth-order valence-corrected chi connectivity index (χ4v) is 1.02. The molecule has 0 fully saturated rings. The van der Waals surface area contributed by atoms with Crippen molar-refractivity contribution in [3.63, 3.8) is 0 Å². The van der Waals surface area contributed by atoms with E-state index in [9.17, 15) is 0 Å². The van der Waals surface area contributed by atoms with Crippen molar-refractivity contribution in [2.45, 2.75) is 0 Å². The molecule has 0 amide bonds. The summed E-state index contributed by atoms with van der Waals surface area (Å²) in [6.45, 7) is 0. The van der Waals surface area contributed by atoms with Gasteiger partial charge in [0.1, 0.15) is 4.60 Å². The van der Waals surface area contributed by atoms with Crippen molar-refractivity contribution in [3.8, 4) is 0 Å². The summed E-state index contributed by atoms with van der Waals surface area (Å²) < 4.78 is 1.54. The monoisotopic (exact) mass is 190 g/mol. The molecule has 1 aromatic heterocycles. The fourth-order valence-electron chi connectivity index (χ4n) is 0.352. The van der Waals surface area contributed by atoms with E-state index in [-0.39, 0.29) is 0 Å². The van der Waals surface area contributed by atoms with Gasteiger partial charge in [0.25, 0.3) is 0 Å². The second kappa shape index (κ2) is 2.37. The molecule has 0 radical (unpaired) electrons. The predicted octanol–water partition coefficient (Wildman–Crippen LogP) is 1.90. The Bertz CT molecular complexity index is 231. The third kappa shape index (κ3) is 1.38. The van der Waals surface area contributed by atoms with Crippen LogP contribution in [0.25, 0.3) is 0 Å². The van der Waals surface area contributed by atoms with Crippen LogP contribution in [0.3, 0.4) is 0 Å². The van der Waals surface area contributed by atoms with Crippen molar-refractivity contribution in [1.29, 1.82) is 0 Å². The molecule has 0 aliphatic carbocycles. The molecule has 2 nitrogen and oxygen atoms in total. The number of nitrogens with one attached hydrogen (secondary N) is 1. The number of rotatable bonds is 0. The van der Waals surface area contributed by atoms with Crippen molar-refractivity contribution < 1.29 is 0 Å². The van der Waals surface area contributed by atoms with Crippen LogP contribution in [0.5, 0.6) is 0 Å². The Morgan fingerprint density at radius 1 is 1.75 bits per heavy atom. The zero-order chi connectivity index (χ0) is 5.98. The molecular formula is C4H3BrN2S. The second-order valence-electron chi connectivity index (χ2n) is 1.26. The van der Waals surface area contributed by atoms with E-state index in [2.05, 4.69) is 26.1 Å². The van der Waals surface area contributed by atoms with Crippen LogP contribution in [0.4, 0.5) is 0 Å². The van der Waals surface area contributed by atoms with E-state index in [0.29, 0.717) is 0 Å². The lowest BCUT2D eigenvalue weighted by atomic mass is 10.6. The quantitative estimate of drug-likeness (QED) is 0.634. The molecule has 0 aromatic carbocycles. The first kappa shape index (κ1) is 5.91. The molecule has 1 N–H and O–H groups in total.